The van der Waals surface area contributed by atoms with Gasteiger partial charge in [-0.25, -0.2) is 0 Å². The van der Waals surface area contributed by atoms with E-state index < -0.39 is 4.92 Å². The van der Waals surface area contributed by atoms with Crippen LogP contribution in [0, 0.1) is 24.0 Å². The van der Waals surface area contributed by atoms with E-state index in [0.717, 1.165) is 22.3 Å². The summed E-state index contributed by atoms with van der Waals surface area (Å²) in [5.74, 6) is 0. The monoisotopic (exact) mass is 290 g/mol. The number of nitrogen functional groups attached to an aromatic ring is 1. The van der Waals surface area contributed by atoms with E-state index in [4.69, 9.17) is 17.3 Å². The van der Waals surface area contributed by atoms with Crippen LogP contribution in [0.3, 0.4) is 0 Å². The standard InChI is InChI=1S/C15H15ClN2O2/c1-9-6-12(15(17)14(7-9)18(19)20)8-11-4-3-5-13(16)10(11)2/h3-7H,8,17H2,1-2H3. The van der Waals surface area contributed by atoms with E-state index in [2.05, 4.69) is 0 Å². The van der Waals surface area contributed by atoms with Gasteiger partial charge in [0.15, 0.2) is 0 Å². The highest BCUT2D eigenvalue weighted by molar-refractivity contribution is 6.31. The van der Waals surface area contributed by atoms with E-state index in [1.807, 2.05) is 38.1 Å². The van der Waals surface area contributed by atoms with Crippen LogP contribution < -0.4 is 5.73 Å². The van der Waals surface area contributed by atoms with Crippen LogP contribution in [0.2, 0.25) is 5.02 Å². The van der Waals surface area contributed by atoms with Crippen LogP contribution in [0.1, 0.15) is 22.3 Å². The Morgan fingerprint density at radius 1 is 1.25 bits per heavy atom. The van der Waals surface area contributed by atoms with Gasteiger partial charge in [0, 0.05) is 17.5 Å². The molecular weight excluding hydrogens is 276 g/mol. The van der Waals surface area contributed by atoms with Crippen LogP contribution in [0.4, 0.5) is 11.4 Å². The van der Waals surface area contributed by atoms with Crippen molar-refractivity contribution in [2.24, 2.45) is 0 Å². The summed E-state index contributed by atoms with van der Waals surface area (Å²) in [6.45, 7) is 3.75. The van der Waals surface area contributed by atoms with Gasteiger partial charge < -0.3 is 5.73 Å². The van der Waals surface area contributed by atoms with Gasteiger partial charge in [0.1, 0.15) is 5.69 Å². The topological polar surface area (TPSA) is 69.2 Å². The molecule has 2 aromatic rings. The quantitative estimate of drug-likeness (QED) is 0.527. The first kappa shape index (κ1) is 14.3. The van der Waals surface area contributed by atoms with Gasteiger partial charge in [0.25, 0.3) is 5.69 Å². The third kappa shape index (κ3) is 2.75. The third-order valence-corrected chi connectivity index (χ3v) is 3.76. The molecule has 0 radical (unpaired) electrons. The Morgan fingerprint density at radius 2 is 1.95 bits per heavy atom. The zero-order valence-corrected chi connectivity index (χ0v) is 12.1. The average molecular weight is 291 g/mol. The Labute approximate surface area is 122 Å². The molecule has 0 unspecified atom stereocenters. The number of benzene rings is 2. The molecule has 0 aliphatic carbocycles. The highest BCUT2D eigenvalue weighted by Crippen LogP contribution is 2.30. The average Bonchev–Trinajstić information content (AvgIpc) is 2.38. The first-order valence-electron chi connectivity index (χ1n) is 6.17. The second-order valence-electron chi connectivity index (χ2n) is 4.81. The molecule has 0 aromatic heterocycles. The summed E-state index contributed by atoms with van der Waals surface area (Å²) in [6.07, 6.45) is 0.529. The summed E-state index contributed by atoms with van der Waals surface area (Å²) in [5.41, 5.74) is 9.65. The van der Waals surface area contributed by atoms with Crippen molar-refractivity contribution in [3.8, 4) is 0 Å². The second-order valence-corrected chi connectivity index (χ2v) is 5.22. The molecule has 0 spiro atoms. The van der Waals surface area contributed by atoms with E-state index in [0.29, 0.717) is 11.4 Å². The number of hydrogen-bond donors (Lipinski definition) is 1. The molecule has 0 amide bonds. The molecule has 0 saturated heterocycles. The molecule has 20 heavy (non-hydrogen) atoms. The van der Waals surface area contributed by atoms with Crippen LogP contribution in [-0.2, 0) is 6.42 Å². The molecule has 104 valence electrons. The second kappa shape index (κ2) is 5.51. The van der Waals surface area contributed by atoms with E-state index in [1.165, 1.54) is 6.07 Å². The van der Waals surface area contributed by atoms with Gasteiger partial charge in [-0.05, 0) is 42.2 Å². The minimum atomic E-state index is -0.448. The van der Waals surface area contributed by atoms with Gasteiger partial charge >= 0.3 is 0 Å². The lowest BCUT2D eigenvalue weighted by Crippen LogP contribution is -2.03. The first-order chi connectivity index (χ1) is 9.40. The fourth-order valence-electron chi connectivity index (χ4n) is 2.20. The van der Waals surface area contributed by atoms with Crippen LogP contribution in [0.5, 0.6) is 0 Å². The Kier molecular flexibility index (Phi) is 3.95. The van der Waals surface area contributed by atoms with Crippen molar-refractivity contribution in [2.45, 2.75) is 20.3 Å². The number of anilines is 1. The number of nitrogens with two attached hydrogens (primary N) is 1. The SMILES string of the molecule is Cc1cc(Cc2cccc(Cl)c2C)c(N)c([N+](=O)[O-])c1. The molecule has 0 aliphatic heterocycles. The smallest absolute Gasteiger partial charge is 0.292 e. The van der Waals surface area contributed by atoms with Gasteiger partial charge in [-0.3, -0.25) is 10.1 Å². The highest BCUT2D eigenvalue weighted by Gasteiger charge is 2.16. The van der Waals surface area contributed by atoms with Gasteiger partial charge in [-0.2, -0.15) is 0 Å². The Morgan fingerprint density at radius 3 is 2.60 bits per heavy atom. The van der Waals surface area contributed by atoms with Gasteiger partial charge in [0.2, 0.25) is 0 Å². The lowest BCUT2D eigenvalue weighted by Gasteiger charge is -2.11. The maximum absolute atomic E-state index is 11.0. The molecule has 0 fully saturated rings. The number of rotatable bonds is 3. The molecule has 4 nitrogen and oxygen atoms in total. The van der Waals surface area contributed by atoms with Crippen molar-refractivity contribution >= 4 is 23.0 Å². The van der Waals surface area contributed by atoms with Crippen LogP contribution >= 0.6 is 11.6 Å². The van der Waals surface area contributed by atoms with Crippen LogP contribution in [0.25, 0.3) is 0 Å². The van der Waals surface area contributed by atoms with Crippen molar-refractivity contribution in [1.29, 1.82) is 0 Å². The summed E-state index contributed by atoms with van der Waals surface area (Å²) >= 11 is 6.09. The van der Waals surface area contributed by atoms with E-state index in [1.54, 1.807) is 0 Å². The fourth-order valence-corrected chi connectivity index (χ4v) is 2.39. The number of nitro groups is 1. The van der Waals surface area contributed by atoms with Gasteiger partial charge in [-0.1, -0.05) is 29.8 Å². The molecule has 0 bridgehead atoms. The van der Waals surface area contributed by atoms with Crippen LogP contribution in [-0.4, -0.2) is 4.92 Å². The number of hydrogen-bond acceptors (Lipinski definition) is 3. The fraction of sp³-hybridized carbons (Fsp3) is 0.200. The van der Waals surface area contributed by atoms with Crippen molar-refractivity contribution in [3.05, 3.63) is 67.7 Å². The van der Waals surface area contributed by atoms with Gasteiger partial charge in [0.05, 0.1) is 4.92 Å². The summed E-state index contributed by atoms with van der Waals surface area (Å²) in [7, 11) is 0. The normalized spacial score (nSPS) is 10.6. The Balaban J connectivity index is 2.49. The predicted octanol–water partition coefficient (Wildman–Crippen LogP) is 4.04. The summed E-state index contributed by atoms with van der Waals surface area (Å²) in [5, 5.41) is 11.7. The zero-order valence-electron chi connectivity index (χ0n) is 11.3. The third-order valence-electron chi connectivity index (χ3n) is 3.35. The largest absolute Gasteiger partial charge is 0.393 e. The molecule has 0 aliphatic rings. The Hall–Kier alpha value is -2.07. The molecule has 2 rings (SSSR count). The zero-order chi connectivity index (χ0) is 14.9. The molecular formula is C15H15ClN2O2. The summed E-state index contributed by atoms with van der Waals surface area (Å²) in [6, 6.07) is 9.01. The van der Waals surface area contributed by atoms with Gasteiger partial charge in [-0.15, -0.1) is 0 Å². The molecule has 0 heterocycles. The van der Waals surface area contributed by atoms with Crippen LogP contribution in [0.15, 0.2) is 30.3 Å². The summed E-state index contributed by atoms with van der Waals surface area (Å²) in [4.78, 5) is 10.6. The Bertz CT molecular complexity index is 684. The lowest BCUT2D eigenvalue weighted by molar-refractivity contribution is -0.384. The molecule has 2 N–H and O–H groups in total. The number of nitro benzene ring substituents is 1. The van der Waals surface area contributed by atoms with E-state index in [-0.39, 0.29) is 11.4 Å². The van der Waals surface area contributed by atoms with E-state index in [9.17, 15) is 10.1 Å². The molecule has 0 atom stereocenters. The molecule has 0 saturated carbocycles. The first-order valence-corrected chi connectivity index (χ1v) is 6.55. The van der Waals surface area contributed by atoms with Crippen molar-refractivity contribution in [3.63, 3.8) is 0 Å². The lowest BCUT2D eigenvalue weighted by atomic mass is 9.97. The van der Waals surface area contributed by atoms with Crippen molar-refractivity contribution in [1.82, 2.24) is 0 Å². The number of halogens is 1. The minimum absolute atomic E-state index is 0.0420. The molecule has 5 heteroatoms. The summed E-state index contributed by atoms with van der Waals surface area (Å²) < 4.78 is 0. The maximum atomic E-state index is 11.0. The van der Waals surface area contributed by atoms with Crippen molar-refractivity contribution in [2.75, 3.05) is 5.73 Å². The van der Waals surface area contributed by atoms with E-state index >= 15 is 0 Å². The minimum Gasteiger partial charge on any atom is -0.393 e. The maximum Gasteiger partial charge on any atom is 0.292 e. The van der Waals surface area contributed by atoms with Crippen molar-refractivity contribution < 1.29 is 4.92 Å². The predicted molar refractivity (Wildman–Crippen MR) is 81.2 cm³/mol. The number of nitrogens with zero attached hydrogens (tertiary/aromatic N) is 1. The molecule has 2 aromatic carbocycles. The highest BCUT2D eigenvalue weighted by atomic mass is 35.5. The number of aryl methyl sites for hydroxylation is 1.